The van der Waals surface area contributed by atoms with Crippen LogP contribution in [0.4, 0.5) is 0 Å². The number of hydrogen-bond acceptors (Lipinski definition) is 6. The molecule has 0 amide bonds. The first-order valence-corrected chi connectivity index (χ1v) is 14.9. The Morgan fingerprint density at radius 1 is 0.340 bits per heavy atom. The van der Waals surface area contributed by atoms with Crippen LogP contribution >= 0.6 is 0 Å². The number of benzene rings is 4. The van der Waals surface area contributed by atoms with Gasteiger partial charge in [0.1, 0.15) is 0 Å². The van der Waals surface area contributed by atoms with Crippen molar-refractivity contribution in [3.63, 3.8) is 0 Å². The molecule has 2 saturated carbocycles. The Labute approximate surface area is 298 Å². The molecule has 0 N–H and O–H groups in total. The first-order valence-electron chi connectivity index (χ1n) is 14.9. The van der Waals surface area contributed by atoms with E-state index in [1.54, 1.807) is 0 Å². The molecule has 6 nitrogen and oxygen atoms in total. The summed E-state index contributed by atoms with van der Waals surface area (Å²) in [5.74, 6) is 0. The average Bonchev–Trinajstić information content (AvgIpc) is 3.92. The van der Waals surface area contributed by atoms with Gasteiger partial charge in [0.05, 0.1) is 35.9 Å². The molecule has 0 atom stereocenters. The third-order valence-corrected chi connectivity index (χ3v) is 6.57. The zero-order chi connectivity index (χ0) is 32.1. The Morgan fingerprint density at radius 2 is 0.553 bits per heavy atom. The molecule has 0 bridgehead atoms. The van der Waals surface area contributed by atoms with E-state index in [0.29, 0.717) is 22.6 Å². The van der Waals surface area contributed by atoms with Crippen LogP contribution in [0.3, 0.4) is 0 Å². The number of aliphatic imine (C=N–C) groups is 2. The zero-order valence-electron chi connectivity index (χ0n) is 25.8. The molecular weight excluding hydrogens is 747 g/mol. The van der Waals surface area contributed by atoms with E-state index in [9.17, 15) is 10.4 Å². The van der Waals surface area contributed by atoms with Crippen molar-refractivity contribution >= 4 is 22.8 Å². The second-order valence-corrected chi connectivity index (χ2v) is 9.73. The molecular formula is C40H34HfN4O2+2. The number of nitrogens with zero attached hydrogens (tertiary/aromatic N) is 4. The van der Waals surface area contributed by atoms with Crippen LogP contribution in [0.1, 0.15) is 22.3 Å². The Bertz CT molecular complexity index is 1400. The fourth-order valence-electron chi connectivity index (χ4n) is 4.42. The van der Waals surface area contributed by atoms with Crippen LogP contribution in [-0.2, 0) is 25.8 Å². The Kier molecular flexibility index (Phi) is 18.0. The van der Waals surface area contributed by atoms with Gasteiger partial charge < -0.3 is 20.7 Å². The smallest absolute Gasteiger partial charge is 0.791 e. The van der Waals surface area contributed by atoms with E-state index in [2.05, 4.69) is 10.3 Å². The Morgan fingerprint density at radius 3 is 0.766 bits per heavy atom. The van der Waals surface area contributed by atoms with E-state index >= 15 is 0 Å². The zero-order valence-corrected chi connectivity index (χ0v) is 29.4. The van der Waals surface area contributed by atoms with Gasteiger partial charge in [-0.1, -0.05) is 121 Å². The summed E-state index contributed by atoms with van der Waals surface area (Å²) in [5.41, 5.74) is 4.47. The Balaban J connectivity index is 0.000000463. The summed E-state index contributed by atoms with van der Waals surface area (Å²) in [7, 11) is 0. The molecule has 6 rings (SSSR count). The maximum atomic E-state index is 11.9. The summed E-state index contributed by atoms with van der Waals surface area (Å²) >= 11 is 0. The molecule has 0 heterocycles. The monoisotopic (exact) mass is 782 g/mol. The minimum absolute atomic E-state index is 0. The van der Waals surface area contributed by atoms with Crippen molar-refractivity contribution in [1.82, 2.24) is 0 Å². The van der Waals surface area contributed by atoms with Crippen molar-refractivity contribution in [2.75, 3.05) is 13.1 Å². The molecule has 0 saturated heterocycles. The summed E-state index contributed by atoms with van der Waals surface area (Å²) in [6, 6.07) is 37.4. The van der Waals surface area contributed by atoms with E-state index in [1.165, 1.54) is 0 Å². The fraction of sp³-hybridized carbons (Fsp3) is 0.0500. The maximum absolute atomic E-state index is 11.9. The second kappa shape index (κ2) is 22.5. The van der Waals surface area contributed by atoms with Crippen molar-refractivity contribution in [3.05, 3.63) is 218 Å². The van der Waals surface area contributed by atoms with E-state index in [-0.39, 0.29) is 50.4 Å². The van der Waals surface area contributed by atoms with Crippen LogP contribution in [0.25, 0.3) is 0 Å². The molecule has 0 spiro atoms. The quantitative estimate of drug-likeness (QED) is 0.0746. The van der Waals surface area contributed by atoms with Crippen molar-refractivity contribution < 1.29 is 25.8 Å². The first kappa shape index (κ1) is 37.5. The average molecular weight is 781 g/mol. The van der Waals surface area contributed by atoms with Gasteiger partial charge in [-0.3, -0.25) is 9.98 Å². The van der Waals surface area contributed by atoms with Crippen LogP contribution in [0.2, 0.25) is 0 Å². The van der Waals surface area contributed by atoms with Gasteiger partial charge >= 0.3 is 25.8 Å². The molecule has 47 heavy (non-hydrogen) atoms. The van der Waals surface area contributed by atoms with Crippen molar-refractivity contribution in [2.45, 2.75) is 0 Å². The SMILES string of the molecule is [CH]1[CH][CH][CH][CH]1.[CH]1[CH][CH][CH][CH]1.[Hf+4].[O-]/N=C(/C(=NCCN=C(/C(=N/[O-])c1ccccc1)c1ccccc1)c1ccccc1)c1ccccc1. The van der Waals surface area contributed by atoms with Gasteiger partial charge in [-0.05, 0) is 64.2 Å². The van der Waals surface area contributed by atoms with Gasteiger partial charge in [-0.25, -0.2) is 0 Å². The predicted molar refractivity (Wildman–Crippen MR) is 191 cm³/mol. The topological polar surface area (TPSA) is 95.6 Å². The van der Waals surface area contributed by atoms with Crippen molar-refractivity contribution in [3.8, 4) is 0 Å². The first-order chi connectivity index (χ1) is 22.8. The predicted octanol–water partition coefficient (Wildman–Crippen LogP) is 7.98. The molecule has 228 valence electrons. The van der Waals surface area contributed by atoms with Gasteiger partial charge in [0.2, 0.25) is 0 Å². The molecule has 7 heteroatoms. The summed E-state index contributed by atoms with van der Waals surface area (Å²) < 4.78 is 0. The van der Waals surface area contributed by atoms with E-state index in [1.807, 2.05) is 186 Å². The van der Waals surface area contributed by atoms with Gasteiger partial charge in [0.25, 0.3) is 0 Å². The standard InChI is InChI=1S/C30H26N4O2.2C5H5.Hf/c35-33-29(25-17-9-3-10-18-25)27(23-13-5-1-6-14-23)31-21-22-32-28(24-15-7-2-8-16-24)30(34-36)26-19-11-4-12-20-26;2*1-2-4-5-3-1;/h1-20,35-36H,21-22H2;2*1-5H;/q;;;+4/p-2/b31-27?,32-28?,33-29+,34-30+;;;. The van der Waals surface area contributed by atoms with Crippen LogP contribution in [0.5, 0.6) is 0 Å². The minimum atomic E-state index is 0. The fourth-order valence-corrected chi connectivity index (χ4v) is 4.42. The van der Waals surface area contributed by atoms with Gasteiger partial charge in [0, 0.05) is 22.3 Å². The van der Waals surface area contributed by atoms with E-state index in [4.69, 9.17) is 9.98 Å². The second-order valence-electron chi connectivity index (χ2n) is 9.73. The molecule has 0 aromatic heterocycles. The third-order valence-electron chi connectivity index (χ3n) is 6.57. The Hall–Kier alpha value is -3.97. The van der Waals surface area contributed by atoms with Crippen LogP contribution in [0.15, 0.2) is 142 Å². The molecule has 4 aromatic rings. The van der Waals surface area contributed by atoms with Crippen LogP contribution in [0, 0.1) is 74.6 Å². The van der Waals surface area contributed by atoms with Crippen molar-refractivity contribution in [1.29, 1.82) is 0 Å². The molecule has 4 aromatic carbocycles. The van der Waals surface area contributed by atoms with E-state index in [0.717, 1.165) is 11.1 Å². The number of rotatable bonds is 9. The van der Waals surface area contributed by atoms with Gasteiger partial charge in [-0.2, -0.15) is 0 Å². The van der Waals surface area contributed by atoms with E-state index < -0.39 is 0 Å². The summed E-state index contributed by atoms with van der Waals surface area (Å²) in [5, 5.41) is 30.4. The molecule has 0 aliphatic heterocycles. The van der Waals surface area contributed by atoms with Gasteiger partial charge in [0.15, 0.2) is 0 Å². The molecule has 10 radical (unpaired) electrons. The summed E-state index contributed by atoms with van der Waals surface area (Å²) in [4.78, 5) is 9.45. The minimum Gasteiger partial charge on any atom is -0.791 e. The van der Waals surface area contributed by atoms with Crippen molar-refractivity contribution in [2.24, 2.45) is 20.3 Å². The normalized spacial score (nSPS) is 15.1. The molecule has 0 unspecified atom stereocenters. The third kappa shape index (κ3) is 12.6. The maximum Gasteiger partial charge on any atom is 4.00 e. The molecule has 2 fully saturated rings. The molecule has 2 aliphatic rings. The summed E-state index contributed by atoms with van der Waals surface area (Å²) in [6.07, 6.45) is 20.0. The molecule has 2 aliphatic carbocycles. The summed E-state index contributed by atoms with van der Waals surface area (Å²) in [6.45, 7) is 0.570. The van der Waals surface area contributed by atoms with Crippen LogP contribution in [-0.4, -0.2) is 35.9 Å². The van der Waals surface area contributed by atoms with Crippen LogP contribution < -0.4 is 0 Å². The number of hydrogen-bond donors (Lipinski definition) is 0. The van der Waals surface area contributed by atoms with Gasteiger partial charge in [-0.15, -0.1) is 0 Å². The largest absolute Gasteiger partial charge is 4.00 e.